The Morgan fingerprint density at radius 3 is 2.26 bits per heavy atom. The van der Waals surface area contributed by atoms with Gasteiger partial charge in [0.1, 0.15) is 0 Å². The van der Waals surface area contributed by atoms with Gasteiger partial charge in [0.25, 0.3) is 0 Å². The summed E-state index contributed by atoms with van der Waals surface area (Å²) in [5.41, 5.74) is 0.549. The molecule has 0 saturated heterocycles. The first-order valence-corrected chi connectivity index (χ1v) is 9.86. The predicted molar refractivity (Wildman–Crippen MR) is 95.3 cm³/mol. The van der Waals surface area contributed by atoms with Gasteiger partial charge in [-0.15, -0.1) is 0 Å². The van der Waals surface area contributed by atoms with E-state index in [1.807, 2.05) is 20.8 Å². The van der Waals surface area contributed by atoms with Crippen molar-refractivity contribution in [3.05, 3.63) is 29.3 Å². The molecule has 0 unspecified atom stereocenters. The number of benzene rings is 1. The van der Waals surface area contributed by atoms with E-state index in [0.717, 1.165) is 6.26 Å². The first kappa shape index (κ1) is 19.8. The molecule has 0 aliphatic heterocycles. The van der Waals surface area contributed by atoms with Gasteiger partial charge in [-0.2, -0.15) is 0 Å². The van der Waals surface area contributed by atoms with Gasteiger partial charge in [0.2, 0.25) is 15.9 Å². The molecule has 1 atom stereocenters. The maximum absolute atomic E-state index is 12.0. The van der Waals surface area contributed by atoms with E-state index in [1.54, 1.807) is 24.3 Å². The highest BCUT2D eigenvalue weighted by molar-refractivity contribution is 7.92. The first-order chi connectivity index (χ1) is 10.6. The van der Waals surface area contributed by atoms with E-state index in [-0.39, 0.29) is 24.9 Å². The van der Waals surface area contributed by atoms with Crippen LogP contribution in [0.4, 0.5) is 5.69 Å². The Hall–Kier alpha value is -1.27. The van der Waals surface area contributed by atoms with Gasteiger partial charge in [-0.05, 0) is 43.5 Å². The lowest BCUT2D eigenvalue weighted by molar-refractivity contribution is -0.122. The van der Waals surface area contributed by atoms with Gasteiger partial charge in [-0.3, -0.25) is 9.10 Å². The summed E-state index contributed by atoms with van der Waals surface area (Å²) < 4.78 is 25.2. The summed E-state index contributed by atoms with van der Waals surface area (Å²) in [6.45, 7) is 6.29. The Labute approximate surface area is 144 Å². The summed E-state index contributed by atoms with van der Waals surface area (Å²) in [5, 5.41) is 3.46. The number of hydrogen-bond donors (Lipinski definition) is 1. The van der Waals surface area contributed by atoms with Crippen molar-refractivity contribution in [2.75, 3.05) is 17.1 Å². The smallest absolute Gasteiger partial charge is 0.232 e. The van der Waals surface area contributed by atoms with Crippen molar-refractivity contribution < 1.29 is 13.2 Å². The predicted octanol–water partition coefficient (Wildman–Crippen LogP) is 3.05. The number of carbonyl (C=O) groups is 1. The highest BCUT2D eigenvalue weighted by atomic mass is 35.5. The topological polar surface area (TPSA) is 66.5 Å². The third-order valence-corrected chi connectivity index (χ3v) is 5.11. The van der Waals surface area contributed by atoms with E-state index < -0.39 is 10.0 Å². The number of sulfonamides is 1. The average Bonchev–Trinajstić information content (AvgIpc) is 2.43. The molecular formula is C16H25ClN2O3S. The molecule has 0 aliphatic rings. The summed E-state index contributed by atoms with van der Waals surface area (Å²) in [6.07, 6.45) is 1.89. The number of hydrogen-bond acceptors (Lipinski definition) is 3. The van der Waals surface area contributed by atoms with Crippen LogP contribution in [0.15, 0.2) is 24.3 Å². The average molecular weight is 361 g/mol. The minimum Gasteiger partial charge on any atom is -0.353 e. The molecule has 1 amide bonds. The summed E-state index contributed by atoms with van der Waals surface area (Å²) >= 11 is 5.83. The lowest BCUT2D eigenvalue weighted by atomic mass is 10.1. The number of amides is 1. The van der Waals surface area contributed by atoms with Gasteiger partial charge >= 0.3 is 0 Å². The number of nitrogens with zero attached hydrogens (tertiary/aromatic N) is 1. The van der Waals surface area contributed by atoms with Crippen LogP contribution in [-0.2, 0) is 14.8 Å². The fraction of sp³-hybridized carbons (Fsp3) is 0.562. The Morgan fingerprint density at radius 2 is 1.78 bits per heavy atom. The second kappa shape index (κ2) is 8.55. The molecule has 1 aromatic carbocycles. The van der Waals surface area contributed by atoms with Crippen molar-refractivity contribution in [2.24, 2.45) is 5.92 Å². The normalized spacial score (nSPS) is 13.0. The van der Waals surface area contributed by atoms with Crippen LogP contribution < -0.4 is 9.62 Å². The van der Waals surface area contributed by atoms with Crippen LogP contribution in [0, 0.1) is 5.92 Å². The third kappa shape index (κ3) is 6.79. The maximum atomic E-state index is 12.0. The maximum Gasteiger partial charge on any atom is 0.232 e. The van der Waals surface area contributed by atoms with E-state index in [1.165, 1.54) is 4.31 Å². The Kier molecular flexibility index (Phi) is 7.35. The van der Waals surface area contributed by atoms with Crippen molar-refractivity contribution in [3.8, 4) is 0 Å². The minimum absolute atomic E-state index is 0.0595. The van der Waals surface area contributed by atoms with Crippen LogP contribution in [0.2, 0.25) is 5.02 Å². The summed E-state index contributed by atoms with van der Waals surface area (Å²) in [6, 6.07) is 6.71. The number of carbonyl (C=O) groups excluding carboxylic acids is 1. The van der Waals surface area contributed by atoms with Crippen LogP contribution >= 0.6 is 11.6 Å². The molecular weight excluding hydrogens is 336 g/mol. The van der Waals surface area contributed by atoms with Crippen molar-refractivity contribution >= 4 is 33.2 Å². The largest absolute Gasteiger partial charge is 0.353 e. The van der Waals surface area contributed by atoms with Crippen LogP contribution in [0.5, 0.6) is 0 Å². The van der Waals surface area contributed by atoms with Gasteiger partial charge in [0.05, 0.1) is 11.9 Å². The summed E-state index contributed by atoms with van der Waals surface area (Å²) in [5.74, 6) is 0.302. The number of anilines is 1. The molecule has 0 spiro atoms. The van der Waals surface area contributed by atoms with Crippen molar-refractivity contribution in [2.45, 2.75) is 39.7 Å². The SMILES string of the molecule is CC(C)[C@@H](C)NC(=O)CCCN(c1ccc(Cl)cc1)S(C)(=O)=O. The highest BCUT2D eigenvalue weighted by Gasteiger charge is 2.18. The van der Waals surface area contributed by atoms with E-state index in [9.17, 15) is 13.2 Å². The monoisotopic (exact) mass is 360 g/mol. The molecule has 1 N–H and O–H groups in total. The molecule has 23 heavy (non-hydrogen) atoms. The lowest BCUT2D eigenvalue weighted by Gasteiger charge is -2.23. The zero-order chi connectivity index (χ0) is 17.6. The quantitative estimate of drug-likeness (QED) is 0.774. The molecule has 5 nitrogen and oxygen atoms in total. The first-order valence-electron chi connectivity index (χ1n) is 7.64. The number of halogens is 1. The van der Waals surface area contributed by atoms with Crippen molar-refractivity contribution in [1.82, 2.24) is 5.32 Å². The standard InChI is InChI=1S/C16H25ClN2O3S/c1-12(2)13(3)18-16(20)6-5-11-19(23(4,21)22)15-9-7-14(17)8-10-15/h7-10,12-13H,5-6,11H2,1-4H3,(H,18,20)/t13-/m1/s1. The van der Waals surface area contributed by atoms with Gasteiger partial charge in [-0.1, -0.05) is 25.4 Å². The Bertz CT molecular complexity index is 615. The van der Waals surface area contributed by atoms with Crippen LogP contribution in [-0.4, -0.2) is 33.2 Å². The highest BCUT2D eigenvalue weighted by Crippen LogP contribution is 2.20. The van der Waals surface area contributed by atoms with Crippen molar-refractivity contribution in [3.63, 3.8) is 0 Å². The molecule has 0 bridgehead atoms. The molecule has 0 saturated carbocycles. The van der Waals surface area contributed by atoms with E-state index in [0.29, 0.717) is 23.0 Å². The summed E-state index contributed by atoms with van der Waals surface area (Å²) in [7, 11) is -3.41. The zero-order valence-electron chi connectivity index (χ0n) is 14.0. The van der Waals surface area contributed by atoms with E-state index in [2.05, 4.69) is 5.32 Å². The van der Waals surface area contributed by atoms with Gasteiger partial charge < -0.3 is 5.32 Å². The van der Waals surface area contributed by atoms with Crippen LogP contribution in [0.25, 0.3) is 0 Å². The van der Waals surface area contributed by atoms with Crippen LogP contribution in [0.3, 0.4) is 0 Å². The Morgan fingerprint density at radius 1 is 1.22 bits per heavy atom. The van der Waals surface area contributed by atoms with Gasteiger partial charge in [-0.25, -0.2) is 8.42 Å². The molecule has 0 aliphatic carbocycles. The number of rotatable bonds is 8. The van der Waals surface area contributed by atoms with E-state index >= 15 is 0 Å². The van der Waals surface area contributed by atoms with Crippen molar-refractivity contribution in [1.29, 1.82) is 0 Å². The lowest BCUT2D eigenvalue weighted by Crippen LogP contribution is -2.37. The molecule has 7 heteroatoms. The third-order valence-electron chi connectivity index (χ3n) is 3.67. The fourth-order valence-electron chi connectivity index (χ4n) is 1.97. The fourth-order valence-corrected chi connectivity index (χ4v) is 3.06. The minimum atomic E-state index is -3.41. The Balaban J connectivity index is 2.63. The molecule has 1 aromatic rings. The van der Waals surface area contributed by atoms with Crippen LogP contribution in [0.1, 0.15) is 33.6 Å². The molecule has 0 fully saturated rings. The molecule has 0 aromatic heterocycles. The van der Waals surface area contributed by atoms with E-state index in [4.69, 9.17) is 11.6 Å². The molecule has 130 valence electrons. The molecule has 1 rings (SSSR count). The zero-order valence-corrected chi connectivity index (χ0v) is 15.6. The summed E-state index contributed by atoms with van der Waals surface area (Å²) in [4.78, 5) is 11.9. The molecule has 0 heterocycles. The molecule has 0 radical (unpaired) electrons. The number of nitrogens with one attached hydrogen (secondary N) is 1. The second-order valence-corrected chi connectivity index (χ2v) is 8.36. The second-order valence-electron chi connectivity index (χ2n) is 6.02. The van der Waals surface area contributed by atoms with Gasteiger partial charge in [0, 0.05) is 24.0 Å². The van der Waals surface area contributed by atoms with Gasteiger partial charge in [0.15, 0.2) is 0 Å².